The number of phenols is 2. The minimum absolute atomic E-state index is 0.214. The van der Waals surface area contributed by atoms with E-state index >= 15 is 0 Å². The number of rotatable bonds is 6. The summed E-state index contributed by atoms with van der Waals surface area (Å²) in [6.45, 7) is 0. The van der Waals surface area contributed by atoms with Crippen molar-refractivity contribution < 1.29 is 45.7 Å². The summed E-state index contributed by atoms with van der Waals surface area (Å²) in [6.07, 6.45) is 0. The molecule has 30 heavy (non-hydrogen) atoms. The summed E-state index contributed by atoms with van der Waals surface area (Å²) >= 11 is 0. The summed E-state index contributed by atoms with van der Waals surface area (Å²) < 4.78 is 62.0. The van der Waals surface area contributed by atoms with E-state index in [1.165, 1.54) is 0 Å². The fraction of sp³-hybridized carbons (Fsp3) is 0.125. The normalized spacial score (nSPS) is 13.5. The van der Waals surface area contributed by atoms with Crippen LogP contribution in [0.4, 0.5) is 11.4 Å². The van der Waals surface area contributed by atoms with E-state index in [2.05, 4.69) is 10.6 Å². The van der Waals surface area contributed by atoms with Gasteiger partial charge in [0.25, 0.3) is 20.2 Å². The Labute approximate surface area is 169 Å². The molecule has 0 saturated carbocycles. The number of carbonyl (C=O) groups excluding carboxylic acids is 2. The number of ketones is 2. The van der Waals surface area contributed by atoms with E-state index in [1.54, 1.807) is 0 Å². The molecule has 0 aliphatic heterocycles. The van der Waals surface area contributed by atoms with Gasteiger partial charge in [-0.25, -0.2) is 0 Å². The van der Waals surface area contributed by atoms with Crippen LogP contribution in [0.3, 0.4) is 0 Å². The van der Waals surface area contributed by atoms with Crippen molar-refractivity contribution in [3.8, 4) is 11.5 Å². The number of aromatic hydroxyl groups is 2. The standard InChI is InChI=1S/C16H14N2O10S2/c19-9-3-1-7(17-5-29(23,24)25)11-13(9)16(22)14-10(20)4-2-8(12(14)15(11)21)18-6-30(26,27)28/h1-4,17-20H,5-6H2,(H,23,24,25)(H,26,27,28). The lowest BCUT2D eigenvalue weighted by Gasteiger charge is -2.24. The van der Waals surface area contributed by atoms with Gasteiger partial charge in [-0.05, 0) is 24.3 Å². The first kappa shape index (κ1) is 21.5. The molecule has 1 aliphatic rings. The van der Waals surface area contributed by atoms with Crippen LogP contribution in [-0.4, -0.2) is 59.5 Å². The molecule has 0 radical (unpaired) electrons. The third-order valence-electron chi connectivity index (χ3n) is 4.16. The van der Waals surface area contributed by atoms with Crippen molar-refractivity contribution in [1.29, 1.82) is 0 Å². The highest BCUT2D eigenvalue weighted by Crippen LogP contribution is 2.42. The zero-order valence-electron chi connectivity index (χ0n) is 14.8. The molecule has 0 spiro atoms. The molecule has 0 amide bonds. The highest BCUT2D eigenvalue weighted by Gasteiger charge is 2.38. The molecule has 0 aromatic heterocycles. The van der Waals surface area contributed by atoms with Crippen molar-refractivity contribution in [2.45, 2.75) is 0 Å². The minimum atomic E-state index is -4.51. The molecule has 14 heteroatoms. The van der Waals surface area contributed by atoms with Gasteiger partial charge in [-0.1, -0.05) is 0 Å². The predicted octanol–water partition coefficient (Wildman–Crippen LogP) is 0.388. The fourth-order valence-corrected chi connectivity index (χ4v) is 3.67. The molecule has 2 aromatic rings. The number of hydrogen-bond acceptors (Lipinski definition) is 10. The van der Waals surface area contributed by atoms with Crippen LogP contribution >= 0.6 is 0 Å². The molecule has 3 rings (SSSR count). The molecule has 160 valence electrons. The zero-order valence-corrected chi connectivity index (χ0v) is 16.4. The molecule has 0 saturated heterocycles. The highest BCUT2D eigenvalue weighted by atomic mass is 32.2. The van der Waals surface area contributed by atoms with Gasteiger partial charge < -0.3 is 20.8 Å². The number of nitrogens with one attached hydrogen (secondary N) is 2. The maximum atomic E-state index is 13.2. The van der Waals surface area contributed by atoms with Crippen molar-refractivity contribution in [3.63, 3.8) is 0 Å². The molecule has 1 aliphatic carbocycles. The van der Waals surface area contributed by atoms with Crippen molar-refractivity contribution in [2.75, 3.05) is 22.4 Å². The van der Waals surface area contributed by atoms with Gasteiger partial charge >= 0.3 is 0 Å². The van der Waals surface area contributed by atoms with Crippen LogP contribution in [0.5, 0.6) is 11.5 Å². The molecule has 0 heterocycles. The number of phenolic OH excluding ortho intramolecular Hbond substituents is 2. The number of benzene rings is 2. The Balaban J connectivity index is 2.21. The first-order valence-electron chi connectivity index (χ1n) is 7.99. The maximum absolute atomic E-state index is 13.2. The second-order valence-electron chi connectivity index (χ2n) is 6.23. The second kappa shape index (κ2) is 7.24. The molecule has 2 aromatic carbocycles. The number of hydrogen-bond donors (Lipinski definition) is 6. The zero-order chi connectivity index (χ0) is 22.4. The van der Waals surface area contributed by atoms with E-state index in [-0.39, 0.29) is 11.4 Å². The highest BCUT2D eigenvalue weighted by molar-refractivity contribution is 7.86. The van der Waals surface area contributed by atoms with E-state index < -0.39 is 77.3 Å². The summed E-state index contributed by atoms with van der Waals surface area (Å²) in [7, 11) is -9.01. The van der Waals surface area contributed by atoms with Crippen LogP contribution in [0.25, 0.3) is 0 Å². The van der Waals surface area contributed by atoms with Crippen LogP contribution in [0.1, 0.15) is 31.8 Å². The molecule has 0 bridgehead atoms. The molecule has 0 fully saturated rings. The first-order valence-corrected chi connectivity index (χ1v) is 11.2. The van der Waals surface area contributed by atoms with Crippen LogP contribution < -0.4 is 10.6 Å². The molecular weight excluding hydrogens is 444 g/mol. The smallest absolute Gasteiger partial charge is 0.283 e. The van der Waals surface area contributed by atoms with Gasteiger partial charge in [0.15, 0.2) is 5.78 Å². The number of fused-ring (bicyclic) bond motifs is 2. The van der Waals surface area contributed by atoms with Crippen molar-refractivity contribution in [3.05, 3.63) is 46.5 Å². The van der Waals surface area contributed by atoms with Gasteiger partial charge in [-0.15, -0.1) is 0 Å². The van der Waals surface area contributed by atoms with Crippen molar-refractivity contribution in [1.82, 2.24) is 0 Å². The Morgan fingerprint density at radius 2 is 0.967 bits per heavy atom. The van der Waals surface area contributed by atoms with Gasteiger partial charge in [0.05, 0.1) is 22.3 Å². The van der Waals surface area contributed by atoms with Crippen LogP contribution in [0, 0.1) is 0 Å². The Morgan fingerprint density at radius 3 is 1.30 bits per heavy atom. The predicted molar refractivity (Wildman–Crippen MR) is 103 cm³/mol. The molecular formula is C16H14N2O10S2. The summed E-state index contributed by atoms with van der Waals surface area (Å²) in [5.41, 5.74) is -2.36. The lowest BCUT2D eigenvalue weighted by molar-refractivity contribution is 0.0975. The van der Waals surface area contributed by atoms with Crippen LogP contribution in [0.2, 0.25) is 0 Å². The average molecular weight is 458 g/mol. The maximum Gasteiger partial charge on any atom is 0.283 e. The molecule has 0 unspecified atom stereocenters. The summed E-state index contributed by atoms with van der Waals surface area (Å²) in [4.78, 5) is 26.1. The Kier molecular flexibility index (Phi) is 5.19. The minimum Gasteiger partial charge on any atom is -0.507 e. The third-order valence-corrected chi connectivity index (χ3v) is 5.18. The second-order valence-corrected chi connectivity index (χ2v) is 9.13. The SMILES string of the molecule is O=C1c2c(O)ccc(NCS(=O)(=O)O)c2C(=O)c2c(NCS(=O)(=O)O)ccc(O)c21. The van der Waals surface area contributed by atoms with E-state index in [9.17, 15) is 36.6 Å². The van der Waals surface area contributed by atoms with Gasteiger partial charge in [-0.3, -0.25) is 18.7 Å². The molecule has 12 nitrogen and oxygen atoms in total. The average Bonchev–Trinajstić information content (AvgIpc) is 2.62. The lowest BCUT2D eigenvalue weighted by Crippen LogP contribution is -2.26. The quantitative estimate of drug-likeness (QED) is 0.219. The van der Waals surface area contributed by atoms with E-state index in [0.717, 1.165) is 24.3 Å². The van der Waals surface area contributed by atoms with E-state index in [0.29, 0.717) is 0 Å². The largest absolute Gasteiger partial charge is 0.507 e. The lowest BCUT2D eigenvalue weighted by atomic mass is 9.81. The number of anilines is 2. The van der Waals surface area contributed by atoms with E-state index in [1.807, 2.05) is 0 Å². The van der Waals surface area contributed by atoms with Crippen LogP contribution in [-0.2, 0) is 20.2 Å². The Bertz CT molecular complexity index is 1200. The molecule has 6 N–H and O–H groups in total. The van der Waals surface area contributed by atoms with Crippen molar-refractivity contribution in [2.24, 2.45) is 0 Å². The monoisotopic (exact) mass is 458 g/mol. The summed E-state index contributed by atoms with van der Waals surface area (Å²) in [5.74, 6) is -5.20. The summed E-state index contributed by atoms with van der Waals surface area (Å²) in [5, 5.41) is 24.8. The third kappa shape index (κ3) is 4.06. The van der Waals surface area contributed by atoms with Gasteiger partial charge in [-0.2, -0.15) is 16.8 Å². The van der Waals surface area contributed by atoms with Gasteiger partial charge in [0.1, 0.15) is 23.3 Å². The van der Waals surface area contributed by atoms with Gasteiger partial charge in [0, 0.05) is 11.4 Å². The van der Waals surface area contributed by atoms with Gasteiger partial charge in [0.2, 0.25) is 5.78 Å². The topological polar surface area (TPSA) is 207 Å². The van der Waals surface area contributed by atoms with Crippen molar-refractivity contribution >= 4 is 43.2 Å². The van der Waals surface area contributed by atoms with Crippen LogP contribution in [0.15, 0.2) is 24.3 Å². The van der Waals surface area contributed by atoms with E-state index in [4.69, 9.17) is 9.11 Å². The molecule has 0 atom stereocenters. The number of carbonyl (C=O) groups is 2. The fourth-order valence-electron chi connectivity index (χ4n) is 3.00. The summed E-state index contributed by atoms with van der Waals surface area (Å²) in [6, 6.07) is 4.23. The Hall–Kier alpha value is -3.20. The first-order chi connectivity index (χ1) is 13.8. The Morgan fingerprint density at radius 1 is 0.633 bits per heavy atom.